The molecule has 0 aromatic heterocycles. The Balaban J connectivity index is 1.78. The topological polar surface area (TPSA) is 78.4 Å². The summed E-state index contributed by atoms with van der Waals surface area (Å²) in [5, 5.41) is 14.0. The van der Waals surface area contributed by atoms with Gasteiger partial charge in [-0.25, -0.2) is 4.79 Å². The predicted octanol–water partition coefficient (Wildman–Crippen LogP) is 2.64. The van der Waals surface area contributed by atoms with Crippen LogP contribution in [0.2, 0.25) is 0 Å². The number of aromatic hydroxyl groups is 1. The first-order chi connectivity index (χ1) is 10.0. The van der Waals surface area contributed by atoms with E-state index in [1.54, 1.807) is 31.2 Å². The van der Waals surface area contributed by atoms with Crippen molar-refractivity contribution in [3.63, 3.8) is 0 Å². The summed E-state index contributed by atoms with van der Waals surface area (Å²) in [6.07, 6.45) is 4.23. The van der Waals surface area contributed by atoms with Gasteiger partial charge in [-0.15, -0.1) is 11.8 Å². The van der Waals surface area contributed by atoms with E-state index >= 15 is 0 Å². The van der Waals surface area contributed by atoms with Crippen LogP contribution < -0.4 is 10.6 Å². The number of amides is 3. The molecule has 1 aromatic rings. The SMILES string of the molecule is C[C@H](Sc1ccc(O)cc1)C(=O)NC(=O)NC1CCCC1. The van der Waals surface area contributed by atoms with Crippen LogP contribution in [0.1, 0.15) is 32.6 Å². The quantitative estimate of drug-likeness (QED) is 0.747. The van der Waals surface area contributed by atoms with E-state index in [1.165, 1.54) is 11.8 Å². The Labute approximate surface area is 128 Å². The van der Waals surface area contributed by atoms with Crippen LogP contribution in [0.25, 0.3) is 0 Å². The molecule has 1 saturated carbocycles. The predicted molar refractivity (Wildman–Crippen MR) is 82.4 cm³/mol. The van der Waals surface area contributed by atoms with E-state index in [0.29, 0.717) is 0 Å². The highest BCUT2D eigenvalue weighted by atomic mass is 32.2. The third-order valence-electron chi connectivity index (χ3n) is 3.45. The van der Waals surface area contributed by atoms with Crippen molar-refractivity contribution in [1.29, 1.82) is 0 Å². The van der Waals surface area contributed by atoms with Crippen molar-refractivity contribution in [1.82, 2.24) is 10.6 Å². The Kier molecular flexibility index (Phi) is 5.50. The Bertz CT molecular complexity index is 498. The fraction of sp³-hybridized carbons (Fsp3) is 0.467. The highest BCUT2D eigenvalue weighted by molar-refractivity contribution is 8.00. The van der Waals surface area contributed by atoms with Gasteiger partial charge in [-0.1, -0.05) is 12.8 Å². The monoisotopic (exact) mass is 308 g/mol. The first kappa shape index (κ1) is 15.7. The lowest BCUT2D eigenvalue weighted by Crippen LogP contribution is -2.45. The van der Waals surface area contributed by atoms with Gasteiger partial charge in [0, 0.05) is 10.9 Å². The van der Waals surface area contributed by atoms with Crippen molar-refractivity contribution in [2.75, 3.05) is 0 Å². The summed E-state index contributed by atoms with van der Waals surface area (Å²) in [6.45, 7) is 1.75. The third kappa shape index (κ3) is 4.97. The van der Waals surface area contributed by atoms with Gasteiger partial charge < -0.3 is 10.4 Å². The molecule has 6 heteroatoms. The fourth-order valence-corrected chi connectivity index (χ4v) is 3.15. The minimum absolute atomic E-state index is 0.187. The van der Waals surface area contributed by atoms with E-state index in [2.05, 4.69) is 10.6 Å². The number of carbonyl (C=O) groups is 2. The van der Waals surface area contributed by atoms with E-state index < -0.39 is 6.03 Å². The third-order valence-corrected chi connectivity index (χ3v) is 4.56. The molecule has 0 radical (unpaired) electrons. The molecule has 3 amide bonds. The van der Waals surface area contributed by atoms with Gasteiger partial charge in [-0.3, -0.25) is 10.1 Å². The Morgan fingerprint density at radius 2 is 1.86 bits per heavy atom. The number of phenols is 1. The van der Waals surface area contributed by atoms with E-state index in [4.69, 9.17) is 0 Å². The lowest BCUT2D eigenvalue weighted by molar-refractivity contribution is -0.119. The van der Waals surface area contributed by atoms with Crippen molar-refractivity contribution >= 4 is 23.7 Å². The van der Waals surface area contributed by atoms with Gasteiger partial charge in [0.25, 0.3) is 0 Å². The number of imide groups is 1. The van der Waals surface area contributed by atoms with Crippen LogP contribution in [0.3, 0.4) is 0 Å². The van der Waals surface area contributed by atoms with Gasteiger partial charge in [-0.2, -0.15) is 0 Å². The van der Waals surface area contributed by atoms with Crippen molar-refractivity contribution in [2.45, 2.75) is 48.8 Å². The highest BCUT2D eigenvalue weighted by Crippen LogP contribution is 2.25. The number of thioether (sulfide) groups is 1. The molecule has 3 N–H and O–H groups in total. The average Bonchev–Trinajstić information content (AvgIpc) is 2.94. The number of hydrogen-bond donors (Lipinski definition) is 3. The zero-order chi connectivity index (χ0) is 15.2. The maximum atomic E-state index is 12.0. The molecule has 1 aliphatic carbocycles. The summed E-state index contributed by atoms with van der Waals surface area (Å²) in [5.41, 5.74) is 0. The number of phenolic OH excluding ortho intramolecular Hbond substituents is 1. The normalized spacial score (nSPS) is 16.4. The fourth-order valence-electron chi connectivity index (χ4n) is 2.29. The number of nitrogens with one attached hydrogen (secondary N) is 2. The smallest absolute Gasteiger partial charge is 0.321 e. The van der Waals surface area contributed by atoms with Gasteiger partial charge in [0.05, 0.1) is 5.25 Å². The molecule has 1 atom stereocenters. The molecule has 0 bridgehead atoms. The second-order valence-electron chi connectivity index (χ2n) is 5.20. The molecule has 0 heterocycles. The van der Waals surface area contributed by atoms with Gasteiger partial charge in [0.15, 0.2) is 0 Å². The molecule has 0 aliphatic heterocycles. The molecule has 0 unspecified atom stereocenters. The van der Waals surface area contributed by atoms with Crippen LogP contribution in [0.4, 0.5) is 4.79 Å². The van der Waals surface area contributed by atoms with Crippen molar-refractivity contribution in [3.8, 4) is 5.75 Å². The van der Waals surface area contributed by atoms with Crippen LogP contribution >= 0.6 is 11.8 Å². The molecule has 2 rings (SSSR count). The van der Waals surface area contributed by atoms with Gasteiger partial charge >= 0.3 is 6.03 Å². The summed E-state index contributed by atoms with van der Waals surface area (Å²) in [6, 6.07) is 6.40. The number of hydrogen-bond acceptors (Lipinski definition) is 4. The van der Waals surface area contributed by atoms with Gasteiger partial charge in [-0.05, 0) is 44.0 Å². The second-order valence-corrected chi connectivity index (χ2v) is 6.61. The number of benzene rings is 1. The molecule has 114 valence electrons. The van der Waals surface area contributed by atoms with E-state index in [0.717, 1.165) is 30.6 Å². The van der Waals surface area contributed by atoms with Crippen LogP contribution in [-0.2, 0) is 4.79 Å². The second kappa shape index (κ2) is 7.36. The molecular weight excluding hydrogens is 288 g/mol. The Hall–Kier alpha value is -1.69. The van der Waals surface area contributed by atoms with E-state index in [-0.39, 0.29) is 22.9 Å². The largest absolute Gasteiger partial charge is 0.508 e. The maximum Gasteiger partial charge on any atom is 0.321 e. The van der Waals surface area contributed by atoms with E-state index in [9.17, 15) is 14.7 Å². The van der Waals surface area contributed by atoms with Crippen LogP contribution in [0.15, 0.2) is 29.2 Å². The van der Waals surface area contributed by atoms with Crippen LogP contribution in [0.5, 0.6) is 5.75 Å². The van der Waals surface area contributed by atoms with Crippen molar-refractivity contribution in [3.05, 3.63) is 24.3 Å². The van der Waals surface area contributed by atoms with Crippen molar-refractivity contribution in [2.24, 2.45) is 0 Å². The lowest BCUT2D eigenvalue weighted by Gasteiger charge is -2.14. The Morgan fingerprint density at radius 3 is 2.48 bits per heavy atom. The molecular formula is C15H20N2O3S. The van der Waals surface area contributed by atoms with E-state index in [1.807, 2.05) is 0 Å². The lowest BCUT2D eigenvalue weighted by atomic mass is 10.2. The van der Waals surface area contributed by atoms with Crippen LogP contribution in [0, 0.1) is 0 Å². The summed E-state index contributed by atoms with van der Waals surface area (Å²) < 4.78 is 0. The molecule has 1 aromatic carbocycles. The standard InChI is InChI=1S/C15H20N2O3S/c1-10(21-13-8-6-12(18)7-9-13)14(19)17-15(20)16-11-4-2-3-5-11/h6-11,18H,2-5H2,1H3,(H2,16,17,19,20)/t10-/m0/s1. The molecule has 5 nitrogen and oxygen atoms in total. The van der Waals surface area contributed by atoms with Gasteiger partial charge in [0.1, 0.15) is 5.75 Å². The minimum atomic E-state index is -0.412. The molecule has 0 spiro atoms. The molecule has 1 aliphatic rings. The first-order valence-corrected chi connectivity index (χ1v) is 7.99. The first-order valence-electron chi connectivity index (χ1n) is 7.11. The Morgan fingerprint density at radius 1 is 1.24 bits per heavy atom. The average molecular weight is 308 g/mol. The minimum Gasteiger partial charge on any atom is -0.508 e. The maximum absolute atomic E-state index is 12.0. The van der Waals surface area contributed by atoms with Gasteiger partial charge in [0.2, 0.25) is 5.91 Å². The summed E-state index contributed by atoms with van der Waals surface area (Å²) in [4.78, 5) is 24.5. The zero-order valence-corrected chi connectivity index (χ0v) is 12.8. The number of carbonyl (C=O) groups excluding carboxylic acids is 2. The van der Waals surface area contributed by atoms with Crippen LogP contribution in [-0.4, -0.2) is 28.3 Å². The molecule has 1 fully saturated rings. The van der Waals surface area contributed by atoms with Crippen molar-refractivity contribution < 1.29 is 14.7 Å². The highest BCUT2D eigenvalue weighted by Gasteiger charge is 2.20. The summed E-state index contributed by atoms with van der Waals surface area (Å²) >= 11 is 1.34. The molecule has 0 saturated heterocycles. The number of urea groups is 1. The summed E-state index contributed by atoms with van der Waals surface area (Å²) in [5.74, 6) is -0.129. The molecule has 21 heavy (non-hydrogen) atoms. The summed E-state index contributed by atoms with van der Waals surface area (Å²) in [7, 11) is 0. The zero-order valence-electron chi connectivity index (χ0n) is 12.0. The number of rotatable bonds is 4.